The maximum absolute atomic E-state index is 12.8. The molecule has 0 radical (unpaired) electrons. The van der Waals surface area contributed by atoms with Gasteiger partial charge in [-0.15, -0.1) is 0 Å². The number of ether oxygens (including phenoxy) is 1. The summed E-state index contributed by atoms with van der Waals surface area (Å²) in [6, 6.07) is 17.1. The minimum Gasteiger partial charge on any atom is -0.497 e. The summed E-state index contributed by atoms with van der Waals surface area (Å²) in [5, 5.41) is 4.22. The Morgan fingerprint density at radius 1 is 1.21 bits per heavy atom. The lowest BCUT2D eigenvalue weighted by Crippen LogP contribution is -2.41. The lowest BCUT2D eigenvalue weighted by Gasteiger charge is -2.31. The van der Waals surface area contributed by atoms with Crippen LogP contribution in [-0.2, 0) is 11.3 Å². The van der Waals surface area contributed by atoms with Crippen molar-refractivity contribution in [3.05, 3.63) is 54.1 Å². The van der Waals surface area contributed by atoms with E-state index in [1.54, 1.807) is 18.4 Å². The molecule has 4 rings (SSSR count). The van der Waals surface area contributed by atoms with Crippen LogP contribution < -0.4 is 15.0 Å². The van der Waals surface area contributed by atoms with Crippen LogP contribution in [0.4, 0.5) is 5.13 Å². The molecule has 2 heterocycles. The van der Waals surface area contributed by atoms with Gasteiger partial charge < -0.3 is 15.0 Å². The van der Waals surface area contributed by atoms with Crippen LogP contribution in [0, 0.1) is 5.92 Å². The molecule has 1 fully saturated rings. The van der Waals surface area contributed by atoms with E-state index in [0.29, 0.717) is 6.04 Å². The number of methoxy groups -OCH3 is 1. The quantitative estimate of drug-likeness (QED) is 0.417. The second-order valence-corrected chi connectivity index (χ2v) is 10.3. The van der Waals surface area contributed by atoms with Crippen LogP contribution in [0.3, 0.4) is 0 Å². The maximum Gasteiger partial charge on any atom is 0.223 e. The molecule has 2 aromatic carbocycles. The van der Waals surface area contributed by atoms with Gasteiger partial charge in [-0.25, -0.2) is 4.98 Å². The van der Waals surface area contributed by atoms with E-state index in [-0.39, 0.29) is 11.8 Å². The van der Waals surface area contributed by atoms with Gasteiger partial charge in [-0.3, -0.25) is 9.69 Å². The predicted molar refractivity (Wildman–Crippen MR) is 141 cm³/mol. The van der Waals surface area contributed by atoms with Crippen molar-refractivity contribution in [1.29, 1.82) is 0 Å². The van der Waals surface area contributed by atoms with Crippen LogP contribution in [0.5, 0.6) is 5.75 Å². The largest absolute Gasteiger partial charge is 0.497 e. The van der Waals surface area contributed by atoms with E-state index in [1.165, 1.54) is 5.56 Å². The SMILES string of the molecule is COc1ccc2nc(N3CCC(C(=O)NCCCN(Cc4ccccc4)C(C)C)CC3)sc2c1. The predicted octanol–water partition coefficient (Wildman–Crippen LogP) is 4.94. The van der Waals surface area contributed by atoms with E-state index in [2.05, 4.69) is 59.3 Å². The monoisotopic (exact) mass is 480 g/mol. The molecule has 1 aromatic heterocycles. The molecule has 0 saturated carbocycles. The molecular weight excluding hydrogens is 444 g/mol. The first-order chi connectivity index (χ1) is 16.5. The van der Waals surface area contributed by atoms with Gasteiger partial charge in [0.1, 0.15) is 5.75 Å². The number of nitrogens with zero attached hydrogens (tertiary/aromatic N) is 3. The third kappa shape index (κ3) is 6.27. The summed E-state index contributed by atoms with van der Waals surface area (Å²) in [7, 11) is 1.68. The molecule has 34 heavy (non-hydrogen) atoms. The number of benzene rings is 2. The van der Waals surface area contributed by atoms with Crippen molar-refractivity contribution in [2.45, 2.75) is 45.7 Å². The normalized spacial score (nSPS) is 14.8. The number of hydrogen-bond donors (Lipinski definition) is 1. The molecule has 1 aliphatic rings. The number of rotatable bonds is 10. The number of thiazole rings is 1. The second-order valence-electron chi connectivity index (χ2n) is 9.29. The van der Waals surface area contributed by atoms with E-state index in [1.807, 2.05) is 18.2 Å². The molecule has 6 nitrogen and oxygen atoms in total. The Balaban J connectivity index is 1.20. The summed E-state index contributed by atoms with van der Waals surface area (Å²) < 4.78 is 6.46. The van der Waals surface area contributed by atoms with Gasteiger partial charge in [-0.05, 0) is 56.9 Å². The molecule has 0 atom stereocenters. The van der Waals surface area contributed by atoms with Crippen molar-refractivity contribution >= 4 is 32.6 Å². The average Bonchev–Trinajstić information content (AvgIpc) is 3.29. The van der Waals surface area contributed by atoms with Gasteiger partial charge in [0, 0.05) is 44.7 Å². The fraction of sp³-hybridized carbons (Fsp3) is 0.481. The van der Waals surface area contributed by atoms with Gasteiger partial charge in [0.2, 0.25) is 5.91 Å². The first-order valence-corrected chi connectivity index (χ1v) is 13.1. The fourth-order valence-electron chi connectivity index (χ4n) is 4.46. The molecule has 3 aromatic rings. The number of hydrogen-bond acceptors (Lipinski definition) is 6. The van der Waals surface area contributed by atoms with Gasteiger partial charge in [0.15, 0.2) is 5.13 Å². The number of amides is 1. The number of carbonyl (C=O) groups excluding carboxylic acids is 1. The highest BCUT2D eigenvalue weighted by Gasteiger charge is 2.26. The number of fused-ring (bicyclic) bond motifs is 1. The van der Waals surface area contributed by atoms with Gasteiger partial charge in [0.25, 0.3) is 0 Å². The third-order valence-electron chi connectivity index (χ3n) is 6.60. The molecule has 1 aliphatic heterocycles. The first-order valence-electron chi connectivity index (χ1n) is 12.3. The highest BCUT2D eigenvalue weighted by molar-refractivity contribution is 7.22. The fourth-order valence-corrected chi connectivity index (χ4v) is 5.51. The zero-order valence-corrected chi connectivity index (χ0v) is 21.3. The highest BCUT2D eigenvalue weighted by Crippen LogP contribution is 2.33. The number of carbonyl (C=O) groups is 1. The van der Waals surface area contributed by atoms with Crippen LogP contribution in [0.2, 0.25) is 0 Å². The van der Waals surface area contributed by atoms with Crippen LogP contribution >= 0.6 is 11.3 Å². The second kappa shape index (κ2) is 11.7. The van der Waals surface area contributed by atoms with Crippen LogP contribution in [0.1, 0.15) is 38.7 Å². The molecule has 1 N–H and O–H groups in total. The molecule has 1 saturated heterocycles. The molecule has 0 unspecified atom stereocenters. The van der Waals surface area contributed by atoms with Crippen LogP contribution in [0.25, 0.3) is 10.2 Å². The molecular formula is C27H36N4O2S. The molecule has 0 bridgehead atoms. The lowest BCUT2D eigenvalue weighted by atomic mass is 9.96. The van der Waals surface area contributed by atoms with E-state index in [0.717, 1.165) is 73.1 Å². The zero-order chi connectivity index (χ0) is 23.9. The minimum atomic E-state index is 0.0937. The maximum atomic E-state index is 12.8. The molecule has 1 amide bonds. The van der Waals surface area contributed by atoms with Crippen LogP contribution in [0.15, 0.2) is 48.5 Å². The number of anilines is 1. The summed E-state index contributed by atoms with van der Waals surface area (Å²) >= 11 is 1.69. The summed E-state index contributed by atoms with van der Waals surface area (Å²) in [4.78, 5) is 22.3. The number of piperidine rings is 1. The van der Waals surface area contributed by atoms with Gasteiger partial charge in [-0.2, -0.15) is 0 Å². The lowest BCUT2D eigenvalue weighted by molar-refractivity contribution is -0.125. The van der Waals surface area contributed by atoms with Crippen molar-refractivity contribution in [2.75, 3.05) is 38.2 Å². The highest BCUT2D eigenvalue weighted by atomic mass is 32.1. The Morgan fingerprint density at radius 3 is 2.68 bits per heavy atom. The third-order valence-corrected chi connectivity index (χ3v) is 7.68. The van der Waals surface area contributed by atoms with Crippen molar-refractivity contribution in [3.8, 4) is 5.75 Å². The Morgan fingerprint density at radius 2 is 1.97 bits per heavy atom. The van der Waals surface area contributed by atoms with Crippen molar-refractivity contribution < 1.29 is 9.53 Å². The molecule has 7 heteroatoms. The Bertz CT molecular complexity index is 1060. The van der Waals surface area contributed by atoms with Gasteiger partial charge >= 0.3 is 0 Å². The molecule has 0 aliphatic carbocycles. The minimum absolute atomic E-state index is 0.0937. The first kappa shape index (κ1) is 24.5. The topological polar surface area (TPSA) is 57.7 Å². The van der Waals surface area contributed by atoms with E-state index in [9.17, 15) is 4.79 Å². The van der Waals surface area contributed by atoms with Crippen LogP contribution in [-0.4, -0.2) is 55.1 Å². The van der Waals surface area contributed by atoms with Gasteiger partial charge in [-0.1, -0.05) is 41.7 Å². The average molecular weight is 481 g/mol. The van der Waals surface area contributed by atoms with Crippen molar-refractivity contribution in [1.82, 2.24) is 15.2 Å². The summed E-state index contributed by atoms with van der Waals surface area (Å²) in [6.07, 6.45) is 2.71. The van der Waals surface area contributed by atoms with E-state index in [4.69, 9.17) is 9.72 Å². The summed E-state index contributed by atoms with van der Waals surface area (Å²) in [6.45, 7) is 8.86. The molecule has 0 spiro atoms. The number of nitrogens with one attached hydrogen (secondary N) is 1. The Labute approximate surface area is 206 Å². The zero-order valence-electron chi connectivity index (χ0n) is 20.5. The summed E-state index contributed by atoms with van der Waals surface area (Å²) in [5.41, 5.74) is 2.34. The summed E-state index contributed by atoms with van der Waals surface area (Å²) in [5.74, 6) is 1.15. The molecule has 182 valence electrons. The van der Waals surface area contributed by atoms with Gasteiger partial charge in [0.05, 0.1) is 17.3 Å². The number of aromatic nitrogens is 1. The van der Waals surface area contributed by atoms with E-state index >= 15 is 0 Å². The standard InChI is InChI=1S/C27H36N4O2S/c1-20(2)31(19-21-8-5-4-6-9-21)15-7-14-28-26(32)22-12-16-30(17-13-22)27-29-24-11-10-23(33-3)18-25(24)34-27/h4-6,8-11,18,20,22H,7,12-17,19H2,1-3H3,(H,28,32). The Kier molecular flexibility index (Phi) is 8.40. The smallest absolute Gasteiger partial charge is 0.223 e. The Hall–Kier alpha value is -2.64. The van der Waals surface area contributed by atoms with Crippen molar-refractivity contribution in [3.63, 3.8) is 0 Å². The van der Waals surface area contributed by atoms with E-state index < -0.39 is 0 Å². The van der Waals surface area contributed by atoms with Crippen molar-refractivity contribution in [2.24, 2.45) is 5.92 Å².